The fourth-order valence-corrected chi connectivity index (χ4v) is 2.09. The predicted octanol–water partition coefficient (Wildman–Crippen LogP) is -0.500. The van der Waals surface area contributed by atoms with E-state index in [-0.39, 0.29) is 31.2 Å². The Labute approximate surface area is 102 Å². The Morgan fingerprint density at radius 1 is 1.59 bits per heavy atom. The highest BCUT2D eigenvalue weighted by molar-refractivity contribution is 7.99. The average molecular weight is 262 g/mol. The molecule has 0 aromatic heterocycles. The number of carboxylic acid groups (broad SMARTS) is 1. The maximum absolute atomic E-state index is 11.5. The number of carbonyl (C=O) groups excluding carboxylic acids is 2. The first-order valence-electron chi connectivity index (χ1n) is 5.05. The lowest BCUT2D eigenvalue weighted by Crippen LogP contribution is -2.33. The SMILES string of the molecule is NC(CCSCC(=O)N1CCOC1=O)C(=O)O. The first kappa shape index (κ1) is 13.8. The fourth-order valence-electron chi connectivity index (χ4n) is 1.19. The van der Waals surface area contributed by atoms with Gasteiger partial charge in [0.1, 0.15) is 12.6 Å². The molecular formula is C9H14N2O5S. The zero-order valence-corrected chi connectivity index (χ0v) is 9.94. The van der Waals surface area contributed by atoms with Crippen LogP contribution in [0.25, 0.3) is 0 Å². The molecule has 0 saturated carbocycles. The van der Waals surface area contributed by atoms with Crippen LogP contribution in [0.4, 0.5) is 4.79 Å². The third kappa shape index (κ3) is 4.23. The number of ether oxygens (including phenoxy) is 1. The van der Waals surface area contributed by atoms with Crippen molar-refractivity contribution in [1.29, 1.82) is 0 Å². The van der Waals surface area contributed by atoms with E-state index in [0.29, 0.717) is 5.75 Å². The Kier molecular flexibility index (Phi) is 5.23. The third-order valence-corrected chi connectivity index (χ3v) is 3.15. The van der Waals surface area contributed by atoms with E-state index in [1.165, 1.54) is 11.8 Å². The maximum Gasteiger partial charge on any atom is 0.416 e. The molecule has 7 nitrogen and oxygen atoms in total. The summed E-state index contributed by atoms with van der Waals surface area (Å²) < 4.78 is 4.62. The van der Waals surface area contributed by atoms with Gasteiger partial charge in [-0.15, -0.1) is 0 Å². The number of thioether (sulfide) groups is 1. The van der Waals surface area contributed by atoms with Gasteiger partial charge in [-0.25, -0.2) is 9.69 Å². The molecule has 1 heterocycles. The zero-order valence-electron chi connectivity index (χ0n) is 9.13. The minimum absolute atomic E-state index is 0.126. The Morgan fingerprint density at radius 2 is 2.29 bits per heavy atom. The van der Waals surface area contributed by atoms with E-state index in [2.05, 4.69) is 4.74 Å². The summed E-state index contributed by atoms with van der Waals surface area (Å²) in [6, 6.07) is -0.908. The molecule has 1 saturated heterocycles. The van der Waals surface area contributed by atoms with E-state index in [0.717, 1.165) is 4.90 Å². The zero-order chi connectivity index (χ0) is 12.8. The number of hydrogen-bond donors (Lipinski definition) is 2. The van der Waals surface area contributed by atoms with Gasteiger partial charge < -0.3 is 15.6 Å². The first-order valence-corrected chi connectivity index (χ1v) is 6.21. The van der Waals surface area contributed by atoms with E-state index in [1.54, 1.807) is 0 Å². The molecule has 0 spiro atoms. The lowest BCUT2D eigenvalue weighted by atomic mass is 10.2. The number of carboxylic acids is 1. The van der Waals surface area contributed by atoms with Crippen LogP contribution in [0.1, 0.15) is 6.42 Å². The summed E-state index contributed by atoms with van der Waals surface area (Å²) in [4.78, 5) is 34.0. The van der Waals surface area contributed by atoms with Gasteiger partial charge in [0.15, 0.2) is 0 Å². The topological polar surface area (TPSA) is 110 Å². The minimum Gasteiger partial charge on any atom is -0.480 e. The summed E-state index contributed by atoms with van der Waals surface area (Å²) in [5.74, 6) is -0.787. The first-order chi connectivity index (χ1) is 8.02. The number of hydrogen-bond acceptors (Lipinski definition) is 6. The average Bonchev–Trinajstić information content (AvgIpc) is 2.70. The van der Waals surface area contributed by atoms with Crippen molar-refractivity contribution in [2.75, 3.05) is 24.7 Å². The summed E-state index contributed by atoms with van der Waals surface area (Å²) in [6.45, 7) is 0.520. The van der Waals surface area contributed by atoms with E-state index in [9.17, 15) is 14.4 Å². The molecule has 1 aliphatic heterocycles. The molecule has 8 heteroatoms. The summed E-state index contributed by atoms with van der Waals surface area (Å²) in [7, 11) is 0. The quantitative estimate of drug-likeness (QED) is 0.621. The van der Waals surface area contributed by atoms with Gasteiger partial charge in [0.25, 0.3) is 0 Å². The minimum atomic E-state index is -1.06. The van der Waals surface area contributed by atoms with Crippen molar-refractivity contribution in [2.24, 2.45) is 5.73 Å². The van der Waals surface area contributed by atoms with Crippen molar-refractivity contribution in [3.8, 4) is 0 Å². The van der Waals surface area contributed by atoms with Crippen LogP contribution in [0, 0.1) is 0 Å². The second-order valence-corrected chi connectivity index (χ2v) is 4.55. The van der Waals surface area contributed by atoms with Crippen LogP contribution in [0.2, 0.25) is 0 Å². The molecule has 1 rings (SSSR count). The van der Waals surface area contributed by atoms with Crippen LogP contribution in [-0.2, 0) is 14.3 Å². The van der Waals surface area contributed by atoms with Crippen molar-refractivity contribution >= 4 is 29.7 Å². The standard InChI is InChI=1S/C9H14N2O5S/c10-6(8(13)14)1-4-17-5-7(12)11-2-3-16-9(11)15/h6H,1-5,10H2,(H,13,14). The van der Waals surface area contributed by atoms with Crippen LogP contribution in [0.5, 0.6) is 0 Å². The van der Waals surface area contributed by atoms with Gasteiger partial charge in [-0.3, -0.25) is 9.59 Å². The highest BCUT2D eigenvalue weighted by atomic mass is 32.2. The maximum atomic E-state index is 11.5. The highest BCUT2D eigenvalue weighted by Gasteiger charge is 2.27. The van der Waals surface area contributed by atoms with Crippen molar-refractivity contribution in [1.82, 2.24) is 4.90 Å². The molecule has 3 N–H and O–H groups in total. The molecule has 96 valence electrons. The molecule has 0 aromatic carbocycles. The number of carbonyl (C=O) groups is 3. The number of aliphatic carboxylic acids is 1. The number of amides is 2. The number of nitrogens with two attached hydrogens (primary N) is 1. The van der Waals surface area contributed by atoms with Gasteiger partial charge in [0.05, 0.1) is 12.3 Å². The molecular weight excluding hydrogens is 248 g/mol. The molecule has 0 aromatic rings. The molecule has 0 radical (unpaired) electrons. The molecule has 2 amide bonds. The summed E-state index contributed by atoms with van der Waals surface area (Å²) in [5, 5.41) is 8.53. The van der Waals surface area contributed by atoms with E-state index in [1.807, 2.05) is 0 Å². The van der Waals surface area contributed by atoms with Crippen molar-refractivity contribution in [2.45, 2.75) is 12.5 Å². The van der Waals surface area contributed by atoms with Gasteiger partial charge in [-0.05, 0) is 12.2 Å². The van der Waals surface area contributed by atoms with Gasteiger partial charge in [0, 0.05) is 0 Å². The van der Waals surface area contributed by atoms with Crippen LogP contribution in [-0.4, -0.2) is 58.7 Å². The van der Waals surface area contributed by atoms with Crippen molar-refractivity contribution in [3.05, 3.63) is 0 Å². The number of cyclic esters (lactones) is 1. The second-order valence-electron chi connectivity index (χ2n) is 3.45. The van der Waals surface area contributed by atoms with Crippen molar-refractivity contribution < 1.29 is 24.2 Å². The number of imide groups is 1. The molecule has 1 aliphatic rings. The van der Waals surface area contributed by atoms with Gasteiger partial charge in [0.2, 0.25) is 5.91 Å². The Morgan fingerprint density at radius 3 is 2.82 bits per heavy atom. The normalized spacial score (nSPS) is 16.8. The number of nitrogens with zero attached hydrogens (tertiary/aromatic N) is 1. The molecule has 0 aliphatic carbocycles. The van der Waals surface area contributed by atoms with E-state index in [4.69, 9.17) is 10.8 Å². The van der Waals surface area contributed by atoms with Gasteiger partial charge in [-0.2, -0.15) is 11.8 Å². The molecule has 1 unspecified atom stereocenters. The van der Waals surface area contributed by atoms with Gasteiger partial charge >= 0.3 is 12.1 Å². The largest absolute Gasteiger partial charge is 0.480 e. The second kappa shape index (κ2) is 6.45. The number of rotatable bonds is 6. The lowest BCUT2D eigenvalue weighted by molar-refractivity contribution is -0.138. The fraction of sp³-hybridized carbons (Fsp3) is 0.667. The van der Waals surface area contributed by atoms with Gasteiger partial charge in [-0.1, -0.05) is 0 Å². The Bertz CT molecular complexity index is 323. The molecule has 0 bridgehead atoms. The molecule has 17 heavy (non-hydrogen) atoms. The van der Waals surface area contributed by atoms with Crippen LogP contribution < -0.4 is 5.73 Å². The Hall–Kier alpha value is -1.28. The monoisotopic (exact) mass is 262 g/mol. The van der Waals surface area contributed by atoms with Crippen LogP contribution >= 0.6 is 11.8 Å². The smallest absolute Gasteiger partial charge is 0.416 e. The lowest BCUT2D eigenvalue weighted by Gasteiger charge is -2.10. The Balaban J connectivity index is 2.16. The molecule has 1 fully saturated rings. The summed E-state index contributed by atoms with van der Waals surface area (Å²) in [5.41, 5.74) is 5.30. The van der Waals surface area contributed by atoms with Crippen molar-refractivity contribution in [3.63, 3.8) is 0 Å². The van der Waals surface area contributed by atoms with E-state index < -0.39 is 18.1 Å². The highest BCUT2D eigenvalue weighted by Crippen LogP contribution is 2.09. The third-order valence-electron chi connectivity index (χ3n) is 2.18. The molecule has 1 atom stereocenters. The van der Waals surface area contributed by atoms with Crippen LogP contribution in [0.3, 0.4) is 0 Å². The predicted molar refractivity (Wildman–Crippen MR) is 60.6 cm³/mol. The summed E-state index contributed by atoms with van der Waals surface area (Å²) in [6.07, 6.45) is -0.324. The van der Waals surface area contributed by atoms with Crippen LogP contribution in [0.15, 0.2) is 0 Å². The van der Waals surface area contributed by atoms with E-state index >= 15 is 0 Å². The summed E-state index contributed by atoms with van der Waals surface area (Å²) >= 11 is 1.25.